The monoisotopic (exact) mass is 487 g/mol. The van der Waals surface area contributed by atoms with E-state index in [4.69, 9.17) is 21.1 Å². The molecule has 1 aliphatic rings. The van der Waals surface area contributed by atoms with Crippen molar-refractivity contribution in [2.75, 3.05) is 25.9 Å². The van der Waals surface area contributed by atoms with Crippen LogP contribution < -0.4 is 15.6 Å². The van der Waals surface area contributed by atoms with E-state index in [1.54, 1.807) is 18.1 Å². The van der Waals surface area contributed by atoms with Crippen LogP contribution in [0.15, 0.2) is 9.95 Å². The summed E-state index contributed by atoms with van der Waals surface area (Å²) in [4.78, 5) is 37.2. The van der Waals surface area contributed by atoms with Gasteiger partial charge < -0.3 is 24.7 Å². The van der Waals surface area contributed by atoms with Crippen molar-refractivity contribution in [1.29, 1.82) is 0 Å². The zero-order valence-corrected chi connectivity index (χ0v) is 20.2. The lowest BCUT2D eigenvalue weighted by molar-refractivity contribution is 0.0178. The molecule has 3 rings (SSSR count). The average molecular weight is 488 g/mol. The predicted molar refractivity (Wildman–Crippen MR) is 121 cm³/mol. The number of aromatic amines is 1. The third-order valence-electron chi connectivity index (χ3n) is 4.73. The van der Waals surface area contributed by atoms with E-state index in [0.717, 1.165) is 0 Å². The van der Waals surface area contributed by atoms with Gasteiger partial charge in [-0.2, -0.15) is 4.98 Å². The molecule has 2 aromatic rings. The number of carbonyl (C=O) groups excluding carboxylic acids is 1. The van der Waals surface area contributed by atoms with Crippen molar-refractivity contribution in [1.82, 2.24) is 25.2 Å². The summed E-state index contributed by atoms with van der Waals surface area (Å²) in [6.45, 7) is 8.87. The van der Waals surface area contributed by atoms with E-state index in [9.17, 15) is 14.0 Å². The number of H-pyrrole nitrogens is 1. The summed E-state index contributed by atoms with van der Waals surface area (Å²) in [6.07, 6.45) is 1.44. The van der Waals surface area contributed by atoms with Gasteiger partial charge in [0, 0.05) is 32.1 Å². The molecule has 0 saturated carbocycles. The van der Waals surface area contributed by atoms with Crippen LogP contribution in [0.1, 0.15) is 34.1 Å². The van der Waals surface area contributed by atoms with Crippen molar-refractivity contribution in [2.24, 2.45) is 0 Å². The molecule has 2 aromatic heterocycles. The fourth-order valence-corrected chi connectivity index (χ4v) is 3.94. The Morgan fingerprint density at radius 2 is 2.12 bits per heavy atom. The molecule has 0 aromatic carbocycles. The van der Waals surface area contributed by atoms with E-state index < -0.39 is 28.2 Å². The predicted octanol–water partition coefficient (Wildman–Crippen LogP) is 3.20. The first kappa shape index (κ1) is 24.5. The van der Waals surface area contributed by atoms with Crippen molar-refractivity contribution in [3.63, 3.8) is 0 Å². The van der Waals surface area contributed by atoms with Crippen molar-refractivity contribution in [3.8, 4) is 5.88 Å². The summed E-state index contributed by atoms with van der Waals surface area (Å²) in [5.74, 6) is -0.954. The minimum atomic E-state index is -0.870. The van der Waals surface area contributed by atoms with Gasteiger partial charge in [0.25, 0.3) is 5.56 Å². The SMILES string of the molecule is CSc1nc2c(F)c(Cl)nc(OC(C)C[C@H]3CN(C(=O)OC(C)(C)C)CCN3)c2c(=O)[nH]1. The van der Waals surface area contributed by atoms with Crippen LogP contribution >= 0.6 is 23.4 Å². The highest BCUT2D eigenvalue weighted by Crippen LogP contribution is 2.28. The Hall–Kier alpha value is -2.11. The van der Waals surface area contributed by atoms with Crippen LogP contribution in [0.2, 0.25) is 5.15 Å². The molecule has 2 N–H and O–H groups in total. The van der Waals surface area contributed by atoms with Crippen LogP contribution in [0.3, 0.4) is 0 Å². The van der Waals surface area contributed by atoms with Crippen molar-refractivity contribution >= 4 is 40.4 Å². The molecule has 2 atom stereocenters. The number of rotatable bonds is 5. The second-order valence-electron chi connectivity index (χ2n) is 8.56. The molecular formula is C20H27ClFN5O4S. The standard InChI is InChI=1S/C20H27ClFN5O4S/c1-10(8-11-9-27(7-6-23-11)19(29)31-20(2,3)4)30-17-12-14(13(22)15(21)25-17)24-18(32-5)26-16(12)28/h10-11,23H,6-9H2,1-5H3,(H,24,26,28)/t10?,11-/m0/s1. The molecule has 0 spiro atoms. The largest absolute Gasteiger partial charge is 0.474 e. The Morgan fingerprint density at radius 3 is 2.78 bits per heavy atom. The van der Waals surface area contributed by atoms with Gasteiger partial charge in [-0.1, -0.05) is 23.4 Å². The minimum absolute atomic E-state index is 0.0621. The Kier molecular flexibility index (Phi) is 7.51. The number of ether oxygens (including phenoxy) is 2. The Balaban J connectivity index is 1.75. The molecule has 1 unspecified atom stereocenters. The van der Waals surface area contributed by atoms with Crippen LogP contribution in [0.25, 0.3) is 10.9 Å². The molecule has 32 heavy (non-hydrogen) atoms. The maximum absolute atomic E-state index is 14.5. The third kappa shape index (κ3) is 5.81. The molecule has 0 radical (unpaired) electrons. The fraction of sp³-hybridized carbons (Fsp3) is 0.600. The maximum Gasteiger partial charge on any atom is 0.410 e. The number of amides is 1. The summed E-state index contributed by atoms with van der Waals surface area (Å²) < 4.78 is 25.8. The number of aromatic nitrogens is 3. The van der Waals surface area contributed by atoms with Gasteiger partial charge in [0.15, 0.2) is 16.1 Å². The summed E-state index contributed by atoms with van der Waals surface area (Å²) in [6, 6.07) is -0.0621. The lowest BCUT2D eigenvalue weighted by Gasteiger charge is -2.35. The number of piperazine rings is 1. The number of thioether (sulfide) groups is 1. The number of fused-ring (bicyclic) bond motifs is 1. The average Bonchev–Trinajstić information content (AvgIpc) is 2.70. The Morgan fingerprint density at radius 1 is 1.41 bits per heavy atom. The van der Waals surface area contributed by atoms with E-state index in [0.29, 0.717) is 26.1 Å². The van der Waals surface area contributed by atoms with E-state index in [1.807, 2.05) is 20.8 Å². The lowest BCUT2D eigenvalue weighted by Crippen LogP contribution is -2.54. The normalized spacial score (nSPS) is 18.0. The molecule has 0 bridgehead atoms. The topological polar surface area (TPSA) is 109 Å². The van der Waals surface area contributed by atoms with Crippen LogP contribution in [0.5, 0.6) is 5.88 Å². The number of nitrogens with zero attached hydrogens (tertiary/aromatic N) is 3. The quantitative estimate of drug-likeness (QED) is 0.376. The van der Waals surface area contributed by atoms with Crippen molar-refractivity contribution < 1.29 is 18.7 Å². The number of nitrogens with one attached hydrogen (secondary N) is 2. The molecule has 1 fully saturated rings. The van der Waals surface area contributed by atoms with Gasteiger partial charge in [-0.3, -0.25) is 4.79 Å². The van der Waals surface area contributed by atoms with Gasteiger partial charge in [-0.25, -0.2) is 14.2 Å². The Labute approximate surface area is 194 Å². The first-order valence-electron chi connectivity index (χ1n) is 10.2. The van der Waals surface area contributed by atoms with E-state index in [-0.39, 0.29) is 34.1 Å². The van der Waals surface area contributed by atoms with Gasteiger partial charge in [-0.05, 0) is 34.0 Å². The van der Waals surface area contributed by atoms with Gasteiger partial charge in [0.05, 0.1) is 6.10 Å². The summed E-state index contributed by atoms with van der Waals surface area (Å²) in [5, 5.41) is 3.10. The molecule has 9 nitrogen and oxygen atoms in total. The second-order valence-corrected chi connectivity index (χ2v) is 9.72. The van der Waals surface area contributed by atoms with E-state index in [1.165, 1.54) is 11.8 Å². The van der Waals surface area contributed by atoms with Crippen LogP contribution in [0, 0.1) is 5.82 Å². The zero-order chi connectivity index (χ0) is 23.6. The molecule has 0 aliphatic carbocycles. The molecule has 3 heterocycles. The highest BCUT2D eigenvalue weighted by molar-refractivity contribution is 7.98. The van der Waals surface area contributed by atoms with Gasteiger partial charge >= 0.3 is 6.09 Å². The fourth-order valence-electron chi connectivity index (χ4n) is 3.40. The maximum atomic E-state index is 14.5. The zero-order valence-electron chi connectivity index (χ0n) is 18.6. The molecular weight excluding hydrogens is 461 g/mol. The first-order valence-corrected chi connectivity index (χ1v) is 11.8. The third-order valence-corrected chi connectivity index (χ3v) is 5.56. The number of hydrogen-bond donors (Lipinski definition) is 2. The number of hydrogen-bond acceptors (Lipinski definition) is 8. The van der Waals surface area contributed by atoms with Crippen LogP contribution in [-0.4, -0.2) is 69.6 Å². The minimum Gasteiger partial charge on any atom is -0.474 e. The van der Waals surface area contributed by atoms with Crippen molar-refractivity contribution in [2.45, 2.75) is 57.0 Å². The molecule has 1 amide bonds. The number of halogens is 2. The molecule has 12 heteroatoms. The van der Waals surface area contributed by atoms with Crippen LogP contribution in [0.4, 0.5) is 9.18 Å². The van der Waals surface area contributed by atoms with Gasteiger partial charge in [0.1, 0.15) is 16.5 Å². The smallest absolute Gasteiger partial charge is 0.410 e. The second kappa shape index (κ2) is 9.80. The summed E-state index contributed by atoms with van der Waals surface area (Å²) in [7, 11) is 0. The highest BCUT2D eigenvalue weighted by atomic mass is 35.5. The highest BCUT2D eigenvalue weighted by Gasteiger charge is 2.29. The summed E-state index contributed by atoms with van der Waals surface area (Å²) >= 11 is 7.10. The van der Waals surface area contributed by atoms with Gasteiger partial charge in [-0.15, -0.1) is 0 Å². The molecule has 1 aliphatic heterocycles. The Bertz CT molecular complexity index is 1060. The number of carbonyl (C=O) groups is 1. The van der Waals surface area contributed by atoms with Crippen molar-refractivity contribution in [3.05, 3.63) is 21.3 Å². The number of pyridine rings is 1. The van der Waals surface area contributed by atoms with Gasteiger partial charge in [0.2, 0.25) is 5.88 Å². The van der Waals surface area contributed by atoms with E-state index >= 15 is 0 Å². The van der Waals surface area contributed by atoms with Crippen LogP contribution in [-0.2, 0) is 4.74 Å². The van der Waals surface area contributed by atoms with E-state index in [2.05, 4.69) is 20.3 Å². The molecule has 176 valence electrons. The summed E-state index contributed by atoms with van der Waals surface area (Å²) in [5.41, 5.74) is -1.32. The first-order chi connectivity index (χ1) is 15.0. The lowest BCUT2D eigenvalue weighted by atomic mass is 10.1. The molecule has 1 saturated heterocycles.